The van der Waals surface area contributed by atoms with Crippen molar-refractivity contribution in [2.75, 3.05) is 0 Å². The lowest BCUT2D eigenvalue weighted by Gasteiger charge is -2.18. The number of amides is 1. The Morgan fingerprint density at radius 1 is 1.47 bits per heavy atom. The maximum Gasteiger partial charge on any atom is 0.237 e. The number of nitrogens with one attached hydrogen (secondary N) is 1. The molecule has 0 saturated carbocycles. The van der Waals surface area contributed by atoms with Gasteiger partial charge >= 0.3 is 0 Å². The molecular formula is C13H19FN2O. The minimum absolute atomic E-state index is 0.234. The number of halogens is 1. The molecule has 0 aromatic heterocycles. The largest absolute Gasteiger partial charge is 0.348 e. The predicted octanol–water partition coefficient (Wildman–Crippen LogP) is 2.13. The van der Waals surface area contributed by atoms with E-state index < -0.39 is 6.04 Å². The lowest BCUT2D eigenvalue weighted by Crippen LogP contribution is -2.41. The number of nitrogens with two attached hydrogens (primary N) is 1. The lowest BCUT2D eigenvalue weighted by atomic mass is 10.1. The molecule has 0 heterocycles. The molecular weight excluding hydrogens is 219 g/mol. The SMILES string of the molecule is CCCC(N)C(=O)NC(C)c1ccccc1F. The highest BCUT2D eigenvalue weighted by Crippen LogP contribution is 2.16. The zero-order chi connectivity index (χ0) is 12.8. The van der Waals surface area contributed by atoms with Crippen LogP contribution < -0.4 is 11.1 Å². The van der Waals surface area contributed by atoms with Gasteiger partial charge < -0.3 is 11.1 Å². The van der Waals surface area contributed by atoms with E-state index in [-0.39, 0.29) is 17.8 Å². The van der Waals surface area contributed by atoms with Crippen LogP contribution in [0.2, 0.25) is 0 Å². The smallest absolute Gasteiger partial charge is 0.237 e. The summed E-state index contributed by atoms with van der Waals surface area (Å²) in [6.07, 6.45) is 1.48. The lowest BCUT2D eigenvalue weighted by molar-refractivity contribution is -0.123. The third kappa shape index (κ3) is 3.82. The van der Waals surface area contributed by atoms with Crippen LogP contribution in [0.25, 0.3) is 0 Å². The molecule has 17 heavy (non-hydrogen) atoms. The third-order valence-corrected chi connectivity index (χ3v) is 2.67. The molecule has 0 bridgehead atoms. The third-order valence-electron chi connectivity index (χ3n) is 2.67. The van der Waals surface area contributed by atoms with Crippen molar-refractivity contribution < 1.29 is 9.18 Å². The van der Waals surface area contributed by atoms with Gasteiger partial charge in [-0.3, -0.25) is 4.79 Å². The molecule has 1 rings (SSSR count). The molecule has 0 spiro atoms. The molecule has 1 aromatic rings. The van der Waals surface area contributed by atoms with Gasteiger partial charge in [0.2, 0.25) is 5.91 Å². The van der Waals surface area contributed by atoms with Crippen molar-refractivity contribution in [3.63, 3.8) is 0 Å². The zero-order valence-electron chi connectivity index (χ0n) is 10.2. The Morgan fingerprint density at radius 3 is 2.71 bits per heavy atom. The summed E-state index contributed by atoms with van der Waals surface area (Å²) in [6.45, 7) is 3.71. The van der Waals surface area contributed by atoms with Gasteiger partial charge in [-0.25, -0.2) is 4.39 Å². The topological polar surface area (TPSA) is 55.1 Å². The maximum absolute atomic E-state index is 13.5. The van der Waals surface area contributed by atoms with Gasteiger partial charge in [-0.1, -0.05) is 31.5 Å². The fourth-order valence-corrected chi connectivity index (χ4v) is 1.67. The predicted molar refractivity (Wildman–Crippen MR) is 65.8 cm³/mol. The van der Waals surface area contributed by atoms with E-state index >= 15 is 0 Å². The standard InChI is InChI=1S/C13H19FN2O/c1-3-6-12(15)13(17)16-9(2)10-7-4-5-8-11(10)14/h4-5,7-9,12H,3,6,15H2,1-2H3,(H,16,17). The monoisotopic (exact) mass is 238 g/mol. The highest BCUT2D eigenvalue weighted by Gasteiger charge is 2.17. The Balaban J connectivity index is 2.63. The summed E-state index contributed by atoms with van der Waals surface area (Å²) in [4.78, 5) is 11.7. The fraction of sp³-hybridized carbons (Fsp3) is 0.462. The summed E-state index contributed by atoms with van der Waals surface area (Å²) >= 11 is 0. The number of hydrogen-bond acceptors (Lipinski definition) is 2. The van der Waals surface area contributed by atoms with Crippen LogP contribution in [-0.2, 0) is 4.79 Å². The Labute approximate surface area is 101 Å². The molecule has 0 aliphatic carbocycles. The van der Waals surface area contributed by atoms with Gasteiger partial charge in [0.25, 0.3) is 0 Å². The van der Waals surface area contributed by atoms with Crippen LogP contribution in [0.15, 0.2) is 24.3 Å². The Kier molecular flexibility index (Phi) is 5.10. The van der Waals surface area contributed by atoms with Crippen LogP contribution in [-0.4, -0.2) is 11.9 Å². The first-order chi connectivity index (χ1) is 8.06. The average molecular weight is 238 g/mol. The van der Waals surface area contributed by atoms with Gasteiger partial charge in [0, 0.05) is 5.56 Å². The van der Waals surface area contributed by atoms with E-state index in [1.807, 2.05) is 6.92 Å². The van der Waals surface area contributed by atoms with E-state index in [0.717, 1.165) is 6.42 Å². The van der Waals surface area contributed by atoms with Gasteiger partial charge in [-0.15, -0.1) is 0 Å². The van der Waals surface area contributed by atoms with Crippen LogP contribution in [0.5, 0.6) is 0 Å². The Morgan fingerprint density at radius 2 is 2.12 bits per heavy atom. The number of rotatable bonds is 5. The number of carbonyl (C=O) groups is 1. The Hall–Kier alpha value is -1.42. The van der Waals surface area contributed by atoms with E-state index in [4.69, 9.17) is 5.73 Å². The second-order valence-electron chi connectivity index (χ2n) is 4.15. The average Bonchev–Trinajstić information content (AvgIpc) is 2.29. The molecule has 2 unspecified atom stereocenters. The molecule has 0 fully saturated rings. The number of benzene rings is 1. The van der Waals surface area contributed by atoms with Crippen molar-refractivity contribution in [1.29, 1.82) is 0 Å². The van der Waals surface area contributed by atoms with Crippen LogP contribution in [0.1, 0.15) is 38.3 Å². The van der Waals surface area contributed by atoms with Crippen LogP contribution in [0.4, 0.5) is 4.39 Å². The van der Waals surface area contributed by atoms with Crippen molar-refractivity contribution in [3.8, 4) is 0 Å². The quantitative estimate of drug-likeness (QED) is 0.825. The minimum Gasteiger partial charge on any atom is -0.348 e. The normalized spacial score (nSPS) is 14.1. The molecule has 1 aromatic carbocycles. The van der Waals surface area contributed by atoms with Crippen molar-refractivity contribution >= 4 is 5.91 Å². The van der Waals surface area contributed by atoms with E-state index in [1.54, 1.807) is 25.1 Å². The highest BCUT2D eigenvalue weighted by molar-refractivity contribution is 5.81. The summed E-state index contributed by atoms with van der Waals surface area (Å²) in [7, 11) is 0. The molecule has 94 valence electrons. The van der Waals surface area contributed by atoms with E-state index in [1.165, 1.54) is 6.07 Å². The molecule has 0 saturated heterocycles. The molecule has 1 amide bonds. The molecule has 4 heteroatoms. The minimum atomic E-state index is -0.519. The summed E-state index contributed by atoms with van der Waals surface area (Å²) in [5.41, 5.74) is 6.16. The van der Waals surface area contributed by atoms with Gasteiger partial charge in [-0.05, 0) is 19.4 Å². The van der Waals surface area contributed by atoms with Crippen LogP contribution >= 0.6 is 0 Å². The van der Waals surface area contributed by atoms with Gasteiger partial charge in [-0.2, -0.15) is 0 Å². The van der Waals surface area contributed by atoms with Crippen LogP contribution in [0, 0.1) is 5.82 Å². The molecule has 0 aliphatic rings. The van der Waals surface area contributed by atoms with Gasteiger partial charge in [0.1, 0.15) is 5.82 Å². The van der Waals surface area contributed by atoms with E-state index in [2.05, 4.69) is 5.32 Å². The molecule has 3 nitrogen and oxygen atoms in total. The Bertz CT molecular complexity index is 381. The highest BCUT2D eigenvalue weighted by atomic mass is 19.1. The summed E-state index contributed by atoms with van der Waals surface area (Å²) in [5, 5.41) is 2.72. The second kappa shape index (κ2) is 6.35. The van der Waals surface area contributed by atoms with Gasteiger partial charge in [0.05, 0.1) is 12.1 Å². The number of carbonyl (C=O) groups excluding carboxylic acids is 1. The van der Waals surface area contributed by atoms with Crippen molar-refractivity contribution in [1.82, 2.24) is 5.32 Å². The molecule has 2 atom stereocenters. The van der Waals surface area contributed by atoms with Crippen molar-refractivity contribution in [3.05, 3.63) is 35.6 Å². The van der Waals surface area contributed by atoms with E-state index in [0.29, 0.717) is 12.0 Å². The van der Waals surface area contributed by atoms with E-state index in [9.17, 15) is 9.18 Å². The van der Waals surface area contributed by atoms with Crippen molar-refractivity contribution in [2.45, 2.75) is 38.8 Å². The molecule has 0 aliphatic heterocycles. The summed E-state index contributed by atoms with van der Waals surface area (Å²) in [5.74, 6) is -0.549. The van der Waals surface area contributed by atoms with Crippen LogP contribution in [0.3, 0.4) is 0 Å². The maximum atomic E-state index is 13.5. The molecule has 3 N–H and O–H groups in total. The molecule has 0 radical (unpaired) electrons. The first-order valence-corrected chi connectivity index (χ1v) is 5.86. The van der Waals surface area contributed by atoms with Gasteiger partial charge in [0.15, 0.2) is 0 Å². The fourth-order valence-electron chi connectivity index (χ4n) is 1.67. The number of hydrogen-bond donors (Lipinski definition) is 2. The van der Waals surface area contributed by atoms with Crippen molar-refractivity contribution in [2.24, 2.45) is 5.73 Å². The second-order valence-corrected chi connectivity index (χ2v) is 4.15. The first-order valence-electron chi connectivity index (χ1n) is 5.86. The first kappa shape index (κ1) is 13.6. The summed E-state index contributed by atoms with van der Waals surface area (Å²) < 4.78 is 13.5. The zero-order valence-corrected chi connectivity index (χ0v) is 10.2. The summed E-state index contributed by atoms with van der Waals surface area (Å²) in [6, 6.07) is 5.51.